The quantitative estimate of drug-likeness (QED) is 0.786. The summed E-state index contributed by atoms with van der Waals surface area (Å²) >= 11 is 0. The van der Waals surface area contributed by atoms with Crippen molar-refractivity contribution in [2.24, 2.45) is 0 Å². The molecule has 0 amide bonds. The van der Waals surface area contributed by atoms with E-state index in [1.165, 1.54) is 24.3 Å². The summed E-state index contributed by atoms with van der Waals surface area (Å²) < 4.78 is 35.9. The molecule has 2 aromatic carbocycles. The van der Waals surface area contributed by atoms with E-state index in [2.05, 4.69) is 15.3 Å². The minimum absolute atomic E-state index is 0.244. The van der Waals surface area contributed by atoms with Crippen LogP contribution in [0.1, 0.15) is 0 Å². The number of benzene rings is 2. The lowest BCUT2D eigenvalue weighted by Crippen LogP contribution is -2.00. The van der Waals surface area contributed by atoms with Crippen LogP contribution in [-0.2, 0) is 9.84 Å². The van der Waals surface area contributed by atoms with Crippen LogP contribution in [0.15, 0.2) is 65.7 Å². The smallest absolute Gasteiger partial charge is 0.227 e. The van der Waals surface area contributed by atoms with Crippen LogP contribution in [0.2, 0.25) is 0 Å². The van der Waals surface area contributed by atoms with E-state index in [0.29, 0.717) is 17.3 Å². The number of sulfone groups is 1. The van der Waals surface area contributed by atoms with Crippen molar-refractivity contribution in [2.75, 3.05) is 11.6 Å². The van der Waals surface area contributed by atoms with Gasteiger partial charge in [-0.15, -0.1) is 0 Å². The predicted octanol–water partition coefficient (Wildman–Crippen LogP) is 3.43. The number of aromatic nitrogens is 2. The summed E-state index contributed by atoms with van der Waals surface area (Å²) in [6.45, 7) is 0. The minimum Gasteiger partial charge on any atom is -0.324 e. The monoisotopic (exact) mass is 343 g/mol. The van der Waals surface area contributed by atoms with Crippen molar-refractivity contribution in [1.29, 1.82) is 0 Å². The van der Waals surface area contributed by atoms with E-state index in [1.54, 1.807) is 36.5 Å². The van der Waals surface area contributed by atoms with Crippen LogP contribution in [0, 0.1) is 5.82 Å². The first-order valence-corrected chi connectivity index (χ1v) is 8.97. The van der Waals surface area contributed by atoms with Crippen LogP contribution >= 0.6 is 0 Å². The van der Waals surface area contributed by atoms with Crippen LogP contribution < -0.4 is 5.32 Å². The van der Waals surface area contributed by atoms with Crippen LogP contribution in [0.5, 0.6) is 0 Å². The predicted molar refractivity (Wildman–Crippen MR) is 90.3 cm³/mol. The number of nitrogens with one attached hydrogen (secondary N) is 1. The maximum absolute atomic E-state index is 13.0. The maximum Gasteiger partial charge on any atom is 0.227 e. The number of hydrogen-bond donors (Lipinski definition) is 1. The van der Waals surface area contributed by atoms with Crippen LogP contribution in [0.25, 0.3) is 11.3 Å². The maximum atomic E-state index is 13.0. The molecule has 0 aliphatic rings. The van der Waals surface area contributed by atoms with Gasteiger partial charge in [0.2, 0.25) is 5.95 Å². The SMILES string of the molecule is CS(=O)(=O)c1ccc(Nc2nccc(-c3ccc(F)cc3)n2)cc1. The summed E-state index contributed by atoms with van der Waals surface area (Å²) in [5.74, 6) is 0.0565. The molecule has 1 N–H and O–H groups in total. The Morgan fingerprint density at radius 2 is 1.62 bits per heavy atom. The fourth-order valence-corrected chi connectivity index (χ4v) is 2.75. The molecule has 0 unspecified atom stereocenters. The van der Waals surface area contributed by atoms with Crippen molar-refractivity contribution in [2.45, 2.75) is 4.90 Å². The van der Waals surface area contributed by atoms with Gasteiger partial charge in [0, 0.05) is 23.7 Å². The zero-order chi connectivity index (χ0) is 17.2. The van der Waals surface area contributed by atoms with Gasteiger partial charge in [-0.3, -0.25) is 0 Å². The van der Waals surface area contributed by atoms with Crippen molar-refractivity contribution in [1.82, 2.24) is 9.97 Å². The fourth-order valence-electron chi connectivity index (χ4n) is 2.11. The van der Waals surface area contributed by atoms with E-state index in [-0.39, 0.29) is 10.7 Å². The fraction of sp³-hybridized carbons (Fsp3) is 0.0588. The topological polar surface area (TPSA) is 72.0 Å². The first kappa shape index (κ1) is 16.1. The number of anilines is 2. The highest BCUT2D eigenvalue weighted by Gasteiger charge is 2.07. The molecule has 0 saturated carbocycles. The summed E-state index contributed by atoms with van der Waals surface area (Å²) in [5, 5.41) is 3.01. The van der Waals surface area contributed by atoms with Gasteiger partial charge in [-0.05, 0) is 54.6 Å². The average Bonchev–Trinajstić information content (AvgIpc) is 2.55. The highest BCUT2D eigenvalue weighted by atomic mass is 32.2. The van der Waals surface area contributed by atoms with Crippen LogP contribution in [0.3, 0.4) is 0 Å². The second kappa shape index (κ2) is 6.37. The Kier molecular flexibility index (Phi) is 4.26. The van der Waals surface area contributed by atoms with Crippen LogP contribution in [0.4, 0.5) is 16.0 Å². The lowest BCUT2D eigenvalue weighted by Gasteiger charge is -2.07. The molecule has 0 spiro atoms. The van der Waals surface area contributed by atoms with Crippen molar-refractivity contribution < 1.29 is 12.8 Å². The molecular weight excluding hydrogens is 329 g/mol. The highest BCUT2D eigenvalue weighted by Crippen LogP contribution is 2.20. The molecule has 3 aromatic rings. The summed E-state index contributed by atoms with van der Waals surface area (Å²) in [7, 11) is -3.23. The van der Waals surface area contributed by atoms with Gasteiger partial charge >= 0.3 is 0 Å². The molecule has 24 heavy (non-hydrogen) atoms. The minimum atomic E-state index is -3.23. The first-order chi connectivity index (χ1) is 11.4. The third-order valence-corrected chi connectivity index (χ3v) is 4.46. The zero-order valence-corrected chi connectivity index (χ0v) is 13.6. The first-order valence-electron chi connectivity index (χ1n) is 7.08. The lowest BCUT2D eigenvalue weighted by molar-refractivity contribution is 0.602. The second-order valence-electron chi connectivity index (χ2n) is 5.19. The lowest BCUT2D eigenvalue weighted by atomic mass is 10.1. The molecule has 0 bridgehead atoms. The number of nitrogens with zero attached hydrogens (tertiary/aromatic N) is 2. The summed E-state index contributed by atoms with van der Waals surface area (Å²) in [5.41, 5.74) is 2.09. The van der Waals surface area contributed by atoms with Crippen LogP contribution in [-0.4, -0.2) is 24.6 Å². The van der Waals surface area contributed by atoms with Crippen molar-refractivity contribution in [3.8, 4) is 11.3 Å². The molecule has 3 rings (SSSR count). The Labute approximate surface area is 139 Å². The summed E-state index contributed by atoms with van der Waals surface area (Å²) in [6, 6.07) is 14.1. The Morgan fingerprint density at radius 3 is 2.25 bits per heavy atom. The van der Waals surface area contributed by atoms with Gasteiger partial charge in [0.15, 0.2) is 9.84 Å². The highest BCUT2D eigenvalue weighted by molar-refractivity contribution is 7.90. The van der Waals surface area contributed by atoms with E-state index >= 15 is 0 Å². The Bertz CT molecular complexity index is 956. The molecule has 5 nitrogen and oxygen atoms in total. The molecule has 0 atom stereocenters. The third-order valence-electron chi connectivity index (χ3n) is 3.33. The zero-order valence-electron chi connectivity index (χ0n) is 12.8. The number of rotatable bonds is 4. The van der Waals surface area contributed by atoms with E-state index < -0.39 is 9.84 Å². The van der Waals surface area contributed by atoms with Gasteiger partial charge in [-0.25, -0.2) is 22.8 Å². The molecule has 7 heteroatoms. The molecule has 1 heterocycles. The number of hydrogen-bond acceptors (Lipinski definition) is 5. The molecular formula is C17H14FN3O2S. The molecule has 0 aliphatic heterocycles. The van der Waals surface area contributed by atoms with Gasteiger partial charge in [0.1, 0.15) is 5.82 Å². The van der Waals surface area contributed by atoms with Gasteiger partial charge in [-0.1, -0.05) is 0 Å². The van der Waals surface area contributed by atoms with Gasteiger partial charge in [0.25, 0.3) is 0 Å². The molecule has 1 aromatic heterocycles. The molecule has 0 fully saturated rings. The summed E-state index contributed by atoms with van der Waals surface area (Å²) in [6.07, 6.45) is 2.75. The standard InChI is InChI=1S/C17H14FN3O2S/c1-24(22,23)15-8-6-14(7-9-15)20-17-19-11-10-16(21-17)12-2-4-13(18)5-3-12/h2-11H,1H3,(H,19,20,21). The van der Waals surface area contributed by atoms with E-state index in [9.17, 15) is 12.8 Å². The van der Waals surface area contributed by atoms with Gasteiger partial charge in [0.05, 0.1) is 10.6 Å². The van der Waals surface area contributed by atoms with E-state index in [4.69, 9.17) is 0 Å². The Morgan fingerprint density at radius 1 is 0.958 bits per heavy atom. The van der Waals surface area contributed by atoms with E-state index in [0.717, 1.165) is 11.8 Å². The second-order valence-corrected chi connectivity index (χ2v) is 7.21. The Hall–Kier alpha value is -2.80. The molecule has 0 radical (unpaired) electrons. The number of halogens is 1. The third kappa shape index (κ3) is 3.75. The molecule has 122 valence electrons. The van der Waals surface area contributed by atoms with Crippen molar-refractivity contribution in [3.63, 3.8) is 0 Å². The van der Waals surface area contributed by atoms with E-state index in [1.807, 2.05) is 0 Å². The summed E-state index contributed by atoms with van der Waals surface area (Å²) in [4.78, 5) is 8.76. The average molecular weight is 343 g/mol. The van der Waals surface area contributed by atoms with Gasteiger partial charge in [-0.2, -0.15) is 0 Å². The molecule has 0 saturated heterocycles. The largest absolute Gasteiger partial charge is 0.324 e. The normalized spacial score (nSPS) is 11.2. The van der Waals surface area contributed by atoms with Crippen molar-refractivity contribution in [3.05, 3.63) is 66.6 Å². The van der Waals surface area contributed by atoms with Gasteiger partial charge < -0.3 is 5.32 Å². The van der Waals surface area contributed by atoms with Crippen molar-refractivity contribution >= 4 is 21.5 Å². The Balaban J connectivity index is 1.83. The molecule has 0 aliphatic carbocycles.